The molecule has 1 amide bonds. The molecule has 0 unspecified atom stereocenters. The number of carbonyl (C=O) groups is 3. The molecule has 162 valence electrons. The molecule has 8 nitrogen and oxygen atoms in total. The number of ether oxygens (including phenoxy) is 2. The molecule has 0 bridgehead atoms. The minimum Gasteiger partial charge on any atom is -0.462 e. The summed E-state index contributed by atoms with van der Waals surface area (Å²) in [6, 6.07) is 5.25. The highest BCUT2D eigenvalue weighted by Crippen LogP contribution is 2.29. The summed E-state index contributed by atoms with van der Waals surface area (Å²) in [6.45, 7) is 3.11. The molecule has 2 aromatic rings. The monoisotopic (exact) mass is 473 g/mol. The Kier molecular flexibility index (Phi) is 7.99. The van der Waals surface area contributed by atoms with Gasteiger partial charge in [0.15, 0.2) is 16.4 Å². The molecule has 0 aliphatic carbocycles. The maximum absolute atomic E-state index is 12.3. The van der Waals surface area contributed by atoms with Crippen molar-refractivity contribution in [2.75, 3.05) is 24.8 Å². The Morgan fingerprint density at radius 2 is 1.73 bits per heavy atom. The van der Waals surface area contributed by atoms with Gasteiger partial charge in [0.05, 0.1) is 27.7 Å². The zero-order chi connectivity index (χ0) is 22.5. The first-order valence-electron chi connectivity index (χ1n) is 8.83. The zero-order valence-corrected chi connectivity index (χ0v) is 18.9. The predicted molar refractivity (Wildman–Crippen MR) is 113 cm³/mol. The molecule has 30 heavy (non-hydrogen) atoms. The van der Waals surface area contributed by atoms with Crippen molar-refractivity contribution in [3.8, 4) is 0 Å². The lowest BCUT2D eigenvalue weighted by molar-refractivity contribution is -0.119. The number of thiophene rings is 1. The van der Waals surface area contributed by atoms with Crippen molar-refractivity contribution in [3.63, 3.8) is 0 Å². The molecule has 2 rings (SSSR count). The molecule has 0 fully saturated rings. The highest BCUT2D eigenvalue weighted by atomic mass is 35.5. The predicted octanol–water partition coefficient (Wildman–Crippen LogP) is 3.34. The molecule has 0 saturated heterocycles. The quantitative estimate of drug-likeness (QED) is 0.584. The summed E-state index contributed by atoms with van der Waals surface area (Å²) in [6.07, 6.45) is 1.66. The summed E-state index contributed by atoms with van der Waals surface area (Å²) in [5.74, 6) is -2.19. The number of halogens is 1. The standard InChI is InChI=1S/C19H20ClNO7S2/c1-4-11-8-14(19(24)27-5-2)17(29-11)21-16(22)10-28-18(23)13-9-12(30(3,25)26)6-7-15(13)20/h6-9H,4-5,10H2,1-3H3,(H,21,22). The smallest absolute Gasteiger partial charge is 0.341 e. The second kappa shape index (κ2) is 10.1. The number of hydrogen-bond donors (Lipinski definition) is 1. The first-order chi connectivity index (χ1) is 14.1. The number of benzene rings is 1. The van der Waals surface area contributed by atoms with Crippen molar-refractivity contribution in [1.82, 2.24) is 0 Å². The molecule has 11 heteroatoms. The third-order valence-electron chi connectivity index (χ3n) is 3.80. The van der Waals surface area contributed by atoms with E-state index in [0.29, 0.717) is 11.4 Å². The first kappa shape index (κ1) is 23.8. The van der Waals surface area contributed by atoms with Crippen LogP contribution >= 0.6 is 22.9 Å². The number of hydrogen-bond acceptors (Lipinski definition) is 8. The van der Waals surface area contributed by atoms with E-state index in [4.69, 9.17) is 21.1 Å². The molecule has 0 atom stereocenters. The number of rotatable bonds is 8. The Hall–Kier alpha value is -2.43. The second-order valence-corrected chi connectivity index (χ2v) is 9.63. The van der Waals surface area contributed by atoms with Crippen molar-refractivity contribution < 1.29 is 32.3 Å². The summed E-state index contributed by atoms with van der Waals surface area (Å²) in [5, 5.41) is 2.82. The Morgan fingerprint density at radius 3 is 2.33 bits per heavy atom. The largest absolute Gasteiger partial charge is 0.462 e. The molecule has 1 aromatic heterocycles. The normalized spacial score (nSPS) is 11.1. The van der Waals surface area contributed by atoms with Crippen LogP contribution in [0.3, 0.4) is 0 Å². The van der Waals surface area contributed by atoms with Crippen molar-refractivity contribution in [3.05, 3.63) is 45.3 Å². The Bertz CT molecular complexity index is 1080. The third-order valence-corrected chi connectivity index (χ3v) is 6.43. The number of anilines is 1. The summed E-state index contributed by atoms with van der Waals surface area (Å²) in [5.41, 5.74) is 0.0475. The number of sulfone groups is 1. The average Bonchev–Trinajstić information content (AvgIpc) is 3.08. The van der Waals surface area contributed by atoms with Crippen LogP contribution in [0.1, 0.15) is 39.4 Å². The van der Waals surface area contributed by atoms with Gasteiger partial charge in [-0.05, 0) is 37.6 Å². The lowest BCUT2D eigenvalue weighted by atomic mass is 10.2. The molecular weight excluding hydrogens is 454 g/mol. The lowest BCUT2D eigenvalue weighted by Gasteiger charge is -2.09. The molecular formula is C19H20ClNO7S2. The minimum atomic E-state index is -3.55. The Labute approximate surface area is 183 Å². The summed E-state index contributed by atoms with van der Waals surface area (Å²) in [4.78, 5) is 37.3. The van der Waals surface area contributed by atoms with Gasteiger partial charge in [-0.1, -0.05) is 18.5 Å². The molecule has 1 N–H and O–H groups in total. The summed E-state index contributed by atoms with van der Waals surface area (Å²) < 4.78 is 33.2. The molecule has 0 spiro atoms. The van der Waals surface area contributed by atoms with E-state index >= 15 is 0 Å². The maximum atomic E-state index is 12.3. The van der Waals surface area contributed by atoms with Gasteiger partial charge >= 0.3 is 11.9 Å². The van der Waals surface area contributed by atoms with Gasteiger partial charge < -0.3 is 14.8 Å². The van der Waals surface area contributed by atoms with Crippen LogP contribution in [0.4, 0.5) is 5.00 Å². The highest BCUT2D eigenvalue weighted by molar-refractivity contribution is 7.90. The van der Waals surface area contributed by atoms with Gasteiger partial charge in [0.1, 0.15) is 5.00 Å². The van der Waals surface area contributed by atoms with E-state index in [9.17, 15) is 22.8 Å². The SMILES string of the molecule is CCOC(=O)c1cc(CC)sc1NC(=O)COC(=O)c1cc(S(C)(=O)=O)ccc1Cl. The number of esters is 2. The van der Waals surface area contributed by atoms with Crippen molar-refractivity contribution in [2.45, 2.75) is 25.2 Å². The summed E-state index contributed by atoms with van der Waals surface area (Å²) >= 11 is 7.16. The third kappa shape index (κ3) is 6.04. The van der Waals surface area contributed by atoms with Gasteiger partial charge in [-0.25, -0.2) is 18.0 Å². The van der Waals surface area contributed by atoms with Gasteiger partial charge in [-0.2, -0.15) is 0 Å². The number of aryl methyl sites for hydroxylation is 1. The van der Waals surface area contributed by atoms with Crippen molar-refractivity contribution in [2.24, 2.45) is 0 Å². The lowest BCUT2D eigenvalue weighted by Crippen LogP contribution is -2.22. The zero-order valence-electron chi connectivity index (χ0n) is 16.5. The topological polar surface area (TPSA) is 116 Å². The van der Waals surface area contributed by atoms with Crippen molar-refractivity contribution >= 4 is 55.6 Å². The fourth-order valence-electron chi connectivity index (χ4n) is 2.33. The van der Waals surface area contributed by atoms with Gasteiger partial charge in [-0.3, -0.25) is 4.79 Å². The van der Waals surface area contributed by atoms with Crippen LogP contribution < -0.4 is 5.32 Å². The van der Waals surface area contributed by atoms with E-state index in [1.165, 1.54) is 23.5 Å². The Balaban J connectivity index is 2.09. The second-order valence-electron chi connectivity index (χ2n) is 6.07. The van der Waals surface area contributed by atoms with Crippen LogP contribution in [0.25, 0.3) is 0 Å². The van der Waals surface area contributed by atoms with Crippen LogP contribution in [0.5, 0.6) is 0 Å². The van der Waals surface area contributed by atoms with E-state index in [0.717, 1.165) is 17.2 Å². The van der Waals surface area contributed by atoms with Crippen molar-refractivity contribution in [1.29, 1.82) is 0 Å². The molecule has 0 aliphatic rings. The van der Waals surface area contributed by atoms with Gasteiger partial charge in [0.25, 0.3) is 5.91 Å². The van der Waals surface area contributed by atoms with E-state index in [2.05, 4.69) is 5.32 Å². The van der Waals surface area contributed by atoms with E-state index in [1.54, 1.807) is 13.0 Å². The molecule has 0 radical (unpaired) electrons. The van der Waals surface area contributed by atoms with Crippen LogP contribution in [-0.4, -0.2) is 45.7 Å². The van der Waals surface area contributed by atoms with Gasteiger partial charge in [-0.15, -0.1) is 11.3 Å². The van der Waals surface area contributed by atoms with Crippen LogP contribution in [-0.2, 0) is 30.5 Å². The Morgan fingerprint density at radius 1 is 1.07 bits per heavy atom. The first-order valence-corrected chi connectivity index (χ1v) is 11.9. The molecule has 0 aliphatic heterocycles. The number of carbonyl (C=O) groups excluding carboxylic acids is 3. The highest BCUT2D eigenvalue weighted by Gasteiger charge is 2.21. The summed E-state index contributed by atoms with van der Waals surface area (Å²) in [7, 11) is -3.55. The molecule has 0 saturated carbocycles. The number of amides is 1. The maximum Gasteiger partial charge on any atom is 0.341 e. The van der Waals surface area contributed by atoms with Gasteiger partial charge in [0, 0.05) is 11.1 Å². The molecule has 1 aromatic carbocycles. The molecule has 1 heterocycles. The fourth-order valence-corrected chi connectivity index (χ4v) is 4.17. The van der Waals surface area contributed by atoms with E-state index in [1.807, 2.05) is 6.92 Å². The van der Waals surface area contributed by atoms with Crippen LogP contribution in [0.15, 0.2) is 29.2 Å². The van der Waals surface area contributed by atoms with E-state index < -0.39 is 34.3 Å². The number of nitrogens with one attached hydrogen (secondary N) is 1. The fraction of sp³-hybridized carbons (Fsp3) is 0.316. The minimum absolute atomic E-state index is 0.0109. The van der Waals surface area contributed by atoms with Gasteiger partial charge in [0.2, 0.25) is 0 Å². The average molecular weight is 474 g/mol. The van der Waals surface area contributed by atoms with Crippen LogP contribution in [0, 0.1) is 0 Å². The van der Waals surface area contributed by atoms with Crippen LogP contribution in [0.2, 0.25) is 5.02 Å². The van der Waals surface area contributed by atoms with E-state index in [-0.39, 0.29) is 27.7 Å².